The molecule has 2 unspecified atom stereocenters. The Hall–Kier alpha value is 1.47. The van der Waals surface area contributed by atoms with Crippen LogP contribution in [0.5, 0.6) is 0 Å². The van der Waals surface area contributed by atoms with Gasteiger partial charge in [0, 0.05) is 6.42 Å². The van der Waals surface area contributed by atoms with E-state index in [1.54, 1.807) is 0 Å². The molecule has 1 aliphatic rings. The molecule has 0 radical (unpaired) electrons. The summed E-state index contributed by atoms with van der Waals surface area (Å²) in [7, 11) is -18.4. The van der Waals surface area contributed by atoms with Crippen LogP contribution in [0.15, 0.2) is 0 Å². The lowest BCUT2D eigenvalue weighted by molar-refractivity contribution is 0.318. The Labute approximate surface area is 166 Å². The van der Waals surface area contributed by atoms with Crippen LogP contribution in [0.25, 0.3) is 0 Å². The maximum absolute atomic E-state index is 11.8. The van der Waals surface area contributed by atoms with E-state index >= 15 is 0 Å². The average molecular weight is 531 g/mol. The molecule has 144 valence electrons. The Bertz CT molecular complexity index is 829. The van der Waals surface area contributed by atoms with E-state index in [4.69, 9.17) is 69.6 Å². The van der Waals surface area contributed by atoms with Gasteiger partial charge in [-0.2, -0.15) is 25.3 Å². The summed E-state index contributed by atoms with van der Waals surface area (Å²) in [5.41, 5.74) is 0. The molecule has 0 aromatic heterocycles. The van der Waals surface area contributed by atoms with Gasteiger partial charge in [0.2, 0.25) is 4.21 Å². The monoisotopic (exact) mass is 528 g/mol. The van der Waals surface area contributed by atoms with E-state index < -0.39 is 59.1 Å². The van der Waals surface area contributed by atoms with E-state index in [1.165, 1.54) is 0 Å². The Morgan fingerprint density at radius 2 is 1.08 bits per heavy atom. The molecule has 9 nitrogen and oxygen atoms in total. The van der Waals surface area contributed by atoms with Crippen molar-refractivity contribution in [2.24, 2.45) is 0 Å². The molecule has 0 bridgehead atoms. The molecule has 0 saturated heterocycles. The lowest BCUT2D eigenvalue weighted by Gasteiger charge is -2.54. The summed E-state index contributed by atoms with van der Waals surface area (Å²) in [5, 5.41) is -2.09. The van der Waals surface area contributed by atoms with Gasteiger partial charge in [0.05, 0.1) is 5.38 Å². The van der Waals surface area contributed by atoms with Crippen LogP contribution < -0.4 is 0 Å². The van der Waals surface area contributed by atoms with Gasteiger partial charge in [-0.05, 0) is 0 Å². The van der Waals surface area contributed by atoms with Crippen molar-refractivity contribution in [1.82, 2.24) is 0 Å². The molecule has 18 heteroatoms. The second-order valence-electron chi connectivity index (χ2n) is 4.64. The number of alkyl halides is 6. The number of hydrogen-bond acceptors (Lipinski definition) is 6. The third-order valence-electron chi connectivity index (χ3n) is 3.34. The zero-order chi connectivity index (χ0) is 19.8. The van der Waals surface area contributed by atoms with Gasteiger partial charge in [-0.3, -0.25) is 13.7 Å². The molecule has 0 spiro atoms. The summed E-state index contributed by atoms with van der Waals surface area (Å²) in [6.07, 6.45) is -1.70. The second-order valence-corrected chi connectivity index (χ2v) is 13.8. The molecule has 1 aliphatic carbocycles. The minimum Gasteiger partial charge on any atom is -0.284 e. The van der Waals surface area contributed by atoms with Crippen LogP contribution in [0.4, 0.5) is 0 Å². The Morgan fingerprint density at radius 1 is 0.750 bits per heavy atom. The van der Waals surface area contributed by atoms with E-state index in [1.807, 2.05) is 0 Å². The van der Waals surface area contributed by atoms with Gasteiger partial charge >= 0.3 is 0 Å². The highest BCUT2D eigenvalue weighted by Gasteiger charge is 2.88. The summed E-state index contributed by atoms with van der Waals surface area (Å²) >= 11 is 33.9. The smallest absolute Gasteiger partial charge is 0.284 e. The first-order chi connectivity index (χ1) is 10.1. The van der Waals surface area contributed by atoms with Crippen molar-refractivity contribution in [2.75, 3.05) is 0 Å². The molecule has 3 N–H and O–H groups in total. The second kappa shape index (κ2) is 5.98. The van der Waals surface area contributed by atoms with Crippen LogP contribution in [-0.2, 0) is 30.4 Å². The van der Waals surface area contributed by atoms with Crippen molar-refractivity contribution in [3.8, 4) is 0 Å². The summed E-state index contributed by atoms with van der Waals surface area (Å²) in [6.45, 7) is 0. The first-order valence-corrected chi connectivity index (χ1v) is 11.8. The van der Waals surface area contributed by atoms with Gasteiger partial charge < -0.3 is 0 Å². The predicted molar refractivity (Wildman–Crippen MR) is 89.1 cm³/mol. The van der Waals surface area contributed by atoms with Crippen molar-refractivity contribution >= 4 is 100.0 Å². The Morgan fingerprint density at radius 3 is 1.33 bits per heavy atom. The molecular weight excluding hydrogens is 525 g/mol. The molecule has 0 aliphatic heterocycles. The predicted octanol–water partition coefficient (Wildman–Crippen LogP) is 1.64. The number of hydrogen-bond donors (Lipinski definition) is 3. The Kier molecular flexibility index (Phi) is 5.86. The fourth-order valence-electron chi connectivity index (χ4n) is 2.18. The lowest BCUT2D eigenvalue weighted by Crippen LogP contribution is -2.78. The minimum atomic E-state index is -6.17. The highest BCUT2D eigenvalue weighted by molar-refractivity contribution is 8.07. The molecule has 1 rings (SSSR count). The fraction of sp³-hybridized carbons (Fsp3) is 1.00. The molecule has 0 aromatic rings. The van der Waals surface area contributed by atoms with E-state index in [9.17, 15) is 38.9 Å². The largest absolute Gasteiger partial charge is 0.291 e. The third kappa shape index (κ3) is 2.68. The van der Waals surface area contributed by atoms with Gasteiger partial charge in [0.1, 0.15) is 0 Å². The van der Waals surface area contributed by atoms with Gasteiger partial charge in [-0.15, -0.1) is 11.6 Å². The average Bonchev–Trinajstić information content (AvgIpc) is 2.27. The summed E-state index contributed by atoms with van der Waals surface area (Å²) in [4.78, 5) is 0. The van der Waals surface area contributed by atoms with E-state index in [2.05, 4.69) is 0 Å². The third-order valence-corrected chi connectivity index (χ3v) is 14.0. The van der Waals surface area contributed by atoms with Crippen LogP contribution in [-0.4, -0.2) is 61.2 Å². The molecule has 1 saturated carbocycles. The summed E-state index contributed by atoms with van der Waals surface area (Å²) in [5.74, 6) is 0. The van der Waals surface area contributed by atoms with Gasteiger partial charge in [0.15, 0.2) is 8.67 Å². The molecule has 24 heavy (non-hydrogen) atoms. The fourth-order valence-corrected chi connectivity index (χ4v) is 10.7. The maximum Gasteiger partial charge on any atom is 0.291 e. The zero-order valence-electron chi connectivity index (χ0n) is 10.6. The van der Waals surface area contributed by atoms with Crippen LogP contribution in [0.2, 0.25) is 0 Å². The highest BCUT2D eigenvalue weighted by Crippen LogP contribution is 2.68. The van der Waals surface area contributed by atoms with Gasteiger partial charge in [-0.1, -0.05) is 58.0 Å². The van der Waals surface area contributed by atoms with Crippen LogP contribution in [0.1, 0.15) is 6.42 Å². The molecule has 1 fully saturated rings. The van der Waals surface area contributed by atoms with Crippen molar-refractivity contribution in [3.63, 3.8) is 0 Å². The topological polar surface area (TPSA) is 163 Å². The maximum atomic E-state index is 11.8. The lowest BCUT2D eigenvalue weighted by atomic mass is 9.95. The van der Waals surface area contributed by atoms with E-state index in [0.717, 1.165) is 0 Å². The number of halogens is 6. The van der Waals surface area contributed by atoms with Crippen molar-refractivity contribution in [1.29, 1.82) is 0 Å². The quantitative estimate of drug-likeness (QED) is 0.363. The highest BCUT2D eigenvalue weighted by atomic mass is 35.5. The van der Waals surface area contributed by atoms with E-state index in [0.29, 0.717) is 0 Å². The first kappa shape index (κ1) is 23.5. The van der Waals surface area contributed by atoms with Gasteiger partial charge in [-0.25, -0.2) is 0 Å². The van der Waals surface area contributed by atoms with Crippen molar-refractivity contribution in [3.05, 3.63) is 0 Å². The minimum absolute atomic E-state index is 1.70. The molecule has 2 atom stereocenters. The van der Waals surface area contributed by atoms with Crippen molar-refractivity contribution in [2.45, 2.75) is 28.7 Å². The molecule has 0 aromatic carbocycles. The van der Waals surface area contributed by atoms with Gasteiger partial charge in [0.25, 0.3) is 34.4 Å². The van der Waals surface area contributed by atoms with Crippen LogP contribution >= 0.6 is 69.6 Å². The molecule has 0 heterocycles. The summed E-state index contributed by atoms with van der Waals surface area (Å²) in [6, 6.07) is 0. The summed E-state index contributed by atoms with van der Waals surface area (Å²) < 4.78 is 83.6. The van der Waals surface area contributed by atoms with Crippen molar-refractivity contribution < 1.29 is 38.9 Å². The van der Waals surface area contributed by atoms with E-state index in [-0.39, 0.29) is 0 Å². The first-order valence-electron chi connectivity index (χ1n) is 5.12. The van der Waals surface area contributed by atoms with Crippen LogP contribution in [0, 0.1) is 0 Å². The Balaban J connectivity index is 4.33. The zero-order valence-corrected chi connectivity index (χ0v) is 17.6. The standard InChI is InChI=1S/C6H6Cl6O9S3/c7-2-1-3(22(13,14)15,23(16,17)18)6(12,24(19,20)21)5(10,11)4(2,8)9/h2H,1H2,(H,13,14,15)(H,16,17,18)(H,19,20,21). The number of rotatable bonds is 3. The molecule has 0 amide bonds. The SMILES string of the molecule is O=S(=O)(O)C1(Cl)C(Cl)(Cl)C(Cl)(Cl)C(Cl)CC1(S(=O)(=O)O)S(=O)(=O)O. The normalized spacial score (nSPS) is 33.1. The van der Waals surface area contributed by atoms with Crippen LogP contribution in [0.3, 0.4) is 0 Å². The molecular formula is C6H6Cl6O9S3.